The maximum absolute atomic E-state index is 12.8. The van der Waals surface area contributed by atoms with Gasteiger partial charge in [0.25, 0.3) is 0 Å². The van der Waals surface area contributed by atoms with Crippen molar-refractivity contribution in [3.8, 4) is 11.5 Å². The summed E-state index contributed by atoms with van der Waals surface area (Å²) in [5.74, 6) is 0.243. The molecule has 0 amide bonds. The third-order valence-electron chi connectivity index (χ3n) is 2.83. The Kier molecular flexibility index (Phi) is 3.19. The van der Waals surface area contributed by atoms with Crippen LogP contribution in [0, 0.1) is 5.92 Å². The van der Waals surface area contributed by atoms with Crippen LogP contribution in [-0.4, -0.2) is 18.0 Å². The van der Waals surface area contributed by atoms with E-state index in [0.29, 0.717) is 6.42 Å². The molecule has 1 atom stereocenters. The average Bonchev–Trinajstić information content (AvgIpc) is 2.58. The molecule has 0 spiro atoms. The molecule has 1 N–H and O–H groups in total. The minimum atomic E-state index is -3.57. The molecule has 17 heavy (non-hydrogen) atoms. The SMILES string of the molecule is CCC(CO)Cc1ccc2c(c1)OC(F)(F)O2. The smallest absolute Gasteiger partial charge is 0.396 e. The monoisotopic (exact) mass is 244 g/mol. The number of hydrogen-bond donors (Lipinski definition) is 1. The minimum Gasteiger partial charge on any atom is -0.396 e. The van der Waals surface area contributed by atoms with E-state index in [1.54, 1.807) is 6.07 Å². The number of alkyl halides is 2. The van der Waals surface area contributed by atoms with Crippen molar-refractivity contribution < 1.29 is 23.4 Å². The Bertz CT molecular complexity index is 403. The van der Waals surface area contributed by atoms with Gasteiger partial charge in [0.1, 0.15) is 0 Å². The maximum Gasteiger partial charge on any atom is 0.586 e. The lowest BCUT2D eigenvalue weighted by atomic mass is 9.97. The number of halogens is 2. The van der Waals surface area contributed by atoms with Gasteiger partial charge in [0, 0.05) is 6.61 Å². The van der Waals surface area contributed by atoms with E-state index in [-0.39, 0.29) is 24.0 Å². The van der Waals surface area contributed by atoms with Gasteiger partial charge in [-0.2, -0.15) is 0 Å². The fourth-order valence-electron chi connectivity index (χ4n) is 1.79. The standard InChI is InChI=1S/C12H14F2O3/c1-2-8(7-15)5-9-3-4-10-11(6-9)17-12(13,14)16-10/h3-4,6,8,15H,2,5,7H2,1H3. The van der Waals surface area contributed by atoms with Crippen molar-refractivity contribution >= 4 is 0 Å². The molecule has 1 aliphatic rings. The molecule has 1 unspecified atom stereocenters. The molecule has 94 valence electrons. The van der Waals surface area contributed by atoms with Crippen molar-refractivity contribution in [3.05, 3.63) is 23.8 Å². The summed E-state index contributed by atoms with van der Waals surface area (Å²) in [7, 11) is 0. The second kappa shape index (κ2) is 4.49. The Morgan fingerprint density at radius 1 is 1.29 bits per heavy atom. The van der Waals surface area contributed by atoms with E-state index in [1.807, 2.05) is 6.92 Å². The van der Waals surface area contributed by atoms with Crippen LogP contribution in [-0.2, 0) is 6.42 Å². The molecule has 0 radical (unpaired) electrons. The zero-order chi connectivity index (χ0) is 12.5. The molecule has 1 heterocycles. The summed E-state index contributed by atoms with van der Waals surface area (Å²) < 4.78 is 34.2. The first-order chi connectivity index (χ1) is 8.04. The summed E-state index contributed by atoms with van der Waals surface area (Å²) in [6.07, 6.45) is -2.10. The van der Waals surface area contributed by atoms with E-state index in [9.17, 15) is 8.78 Å². The summed E-state index contributed by atoms with van der Waals surface area (Å²) in [6, 6.07) is 4.71. The number of ether oxygens (including phenoxy) is 2. The van der Waals surface area contributed by atoms with Crippen molar-refractivity contribution in [1.82, 2.24) is 0 Å². The highest BCUT2D eigenvalue weighted by Crippen LogP contribution is 2.41. The van der Waals surface area contributed by atoms with Crippen LogP contribution in [0.5, 0.6) is 11.5 Å². The highest BCUT2D eigenvalue weighted by atomic mass is 19.3. The molecule has 0 aliphatic carbocycles. The Hall–Kier alpha value is -1.36. The first-order valence-electron chi connectivity index (χ1n) is 5.53. The predicted octanol–water partition coefficient (Wildman–Crippen LogP) is 2.57. The van der Waals surface area contributed by atoms with Crippen molar-refractivity contribution in [2.75, 3.05) is 6.61 Å². The van der Waals surface area contributed by atoms with Gasteiger partial charge in [-0.3, -0.25) is 0 Å². The molecule has 0 saturated heterocycles. The quantitative estimate of drug-likeness (QED) is 0.884. The van der Waals surface area contributed by atoms with Crippen LogP contribution >= 0.6 is 0 Å². The molecule has 1 aliphatic heterocycles. The predicted molar refractivity (Wildman–Crippen MR) is 57.2 cm³/mol. The van der Waals surface area contributed by atoms with Crippen LogP contribution in [0.25, 0.3) is 0 Å². The van der Waals surface area contributed by atoms with Crippen molar-refractivity contribution in [2.24, 2.45) is 5.92 Å². The molecule has 5 heteroatoms. The molecular weight excluding hydrogens is 230 g/mol. The Morgan fingerprint density at radius 2 is 2.00 bits per heavy atom. The van der Waals surface area contributed by atoms with Crippen LogP contribution in [0.2, 0.25) is 0 Å². The largest absolute Gasteiger partial charge is 0.586 e. The highest BCUT2D eigenvalue weighted by Gasteiger charge is 2.43. The topological polar surface area (TPSA) is 38.7 Å². The normalized spacial score (nSPS) is 18.1. The van der Waals surface area contributed by atoms with Crippen LogP contribution in [0.3, 0.4) is 0 Å². The number of hydrogen-bond acceptors (Lipinski definition) is 3. The lowest BCUT2D eigenvalue weighted by Crippen LogP contribution is -2.25. The second-order valence-corrected chi connectivity index (χ2v) is 4.11. The third-order valence-corrected chi connectivity index (χ3v) is 2.83. The summed E-state index contributed by atoms with van der Waals surface area (Å²) in [4.78, 5) is 0. The van der Waals surface area contributed by atoms with E-state index in [2.05, 4.69) is 9.47 Å². The van der Waals surface area contributed by atoms with Gasteiger partial charge in [0.05, 0.1) is 0 Å². The summed E-state index contributed by atoms with van der Waals surface area (Å²) >= 11 is 0. The lowest BCUT2D eigenvalue weighted by molar-refractivity contribution is -0.286. The van der Waals surface area contributed by atoms with Crippen LogP contribution in [0.1, 0.15) is 18.9 Å². The van der Waals surface area contributed by atoms with Crippen LogP contribution < -0.4 is 9.47 Å². The fraction of sp³-hybridized carbons (Fsp3) is 0.500. The van der Waals surface area contributed by atoms with Gasteiger partial charge in [0.15, 0.2) is 11.5 Å². The highest BCUT2D eigenvalue weighted by molar-refractivity contribution is 5.45. The summed E-state index contributed by atoms with van der Waals surface area (Å²) in [5.41, 5.74) is 0.853. The van der Waals surface area contributed by atoms with Gasteiger partial charge in [-0.15, -0.1) is 8.78 Å². The van der Waals surface area contributed by atoms with Crippen LogP contribution in [0.4, 0.5) is 8.78 Å². The van der Waals surface area contributed by atoms with E-state index in [4.69, 9.17) is 5.11 Å². The molecule has 3 nitrogen and oxygen atoms in total. The molecule has 0 saturated carbocycles. The van der Waals surface area contributed by atoms with E-state index < -0.39 is 6.29 Å². The first-order valence-corrected chi connectivity index (χ1v) is 5.53. The molecule has 1 aromatic rings. The summed E-state index contributed by atoms with van der Waals surface area (Å²) in [6.45, 7) is 2.06. The maximum atomic E-state index is 12.8. The molecule has 0 aromatic heterocycles. The third kappa shape index (κ3) is 2.66. The van der Waals surface area contributed by atoms with Gasteiger partial charge < -0.3 is 14.6 Å². The van der Waals surface area contributed by atoms with Gasteiger partial charge in [-0.25, -0.2) is 0 Å². The Balaban J connectivity index is 2.13. The van der Waals surface area contributed by atoms with Crippen molar-refractivity contribution in [2.45, 2.75) is 26.1 Å². The Morgan fingerprint density at radius 3 is 2.65 bits per heavy atom. The minimum absolute atomic E-state index is 0.0517. The zero-order valence-electron chi connectivity index (χ0n) is 9.45. The molecule has 2 rings (SSSR count). The zero-order valence-corrected chi connectivity index (χ0v) is 9.45. The number of aliphatic hydroxyl groups is 1. The van der Waals surface area contributed by atoms with E-state index >= 15 is 0 Å². The fourth-order valence-corrected chi connectivity index (χ4v) is 1.79. The van der Waals surface area contributed by atoms with Gasteiger partial charge in [0.2, 0.25) is 0 Å². The second-order valence-electron chi connectivity index (χ2n) is 4.11. The van der Waals surface area contributed by atoms with Crippen molar-refractivity contribution in [1.29, 1.82) is 0 Å². The molecule has 0 fully saturated rings. The molecule has 0 bridgehead atoms. The van der Waals surface area contributed by atoms with Gasteiger partial charge in [-0.05, 0) is 30.0 Å². The van der Waals surface area contributed by atoms with E-state index in [1.165, 1.54) is 12.1 Å². The number of benzene rings is 1. The number of aliphatic hydroxyl groups excluding tert-OH is 1. The average molecular weight is 244 g/mol. The molecular formula is C12H14F2O3. The van der Waals surface area contributed by atoms with Gasteiger partial charge in [-0.1, -0.05) is 19.4 Å². The molecule has 1 aromatic carbocycles. The van der Waals surface area contributed by atoms with Gasteiger partial charge >= 0.3 is 6.29 Å². The lowest BCUT2D eigenvalue weighted by Gasteiger charge is -2.11. The number of fused-ring (bicyclic) bond motifs is 1. The van der Waals surface area contributed by atoms with E-state index in [0.717, 1.165) is 12.0 Å². The first kappa shape index (κ1) is 12.1. The number of rotatable bonds is 4. The summed E-state index contributed by atoms with van der Waals surface area (Å²) in [5, 5.41) is 9.09. The Labute approximate surface area is 98.0 Å². The van der Waals surface area contributed by atoms with Crippen LogP contribution in [0.15, 0.2) is 18.2 Å². The van der Waals surface area contributed by atoms with Crippen molar-refractivity contribution in [3.63, 3.8) is 0 Å².